The highest BCUT2D eigenvalue weighted by Gasteiger charge is 2.45. The topological polar surface area (TPSA) is 80.5 Å². The Kier molecular flexibility index (Phi) is 4.47. The average molecular weight is 319 g/mol. The maximum Gasteiger partial charge on any atom is 0.313 e. The number of amides is 2. The maximum atomic E-state index is 12.7. The number of carbonyl (C=O) groups is 3. The molecule has 114 valence electrons. The number of ketones is 1. The van der Waals surface area contributed by atoms with Gasteiger partial charge >= 0.3 is 11.8 Å². The van der Waals surface area contributed by atoms with Crippen molar-refractivity contribution in [1.29, 1.82) is 0 Å². The van der Waals surface area contributed by atoms with Crippen LogP contribution < -0.4 is 5.73 Å². The normalized spacial score (nSPS) is 23.1. The first-order valence-electron chi connectivity index (χ1n) is 6.59. The second-order valence-electron chi connectivity index (χ2n) is 4.91. The molecule has 6 heteroatoms. The van der Waals surface area contributed by atoms with Crippen molar-refractivity contribution in [3.05, 3.63) is 60.2 Å². The maximum absolute atomic E-state index is 12.7. The Balaban J connectivity index is 2.39. The van der Waals surface area contributed by atoms with Gasteiger partial charge in [0.05, 0.1) is 5.92 Å². The predicted molar refractivity (Wildman–Crippen MR) is 83.1 cm³/mol. The molecule has 0 saturated heterocycles. The van der Waals surface area contributed by atoms with Crippen LogP contribution >= 0.6 is 11.6 Å². The van der Waals surface area contributed by atoms with Crippen LogP contribution in [0.2, 0.25) is 0 Å². The smallest absolute Gasteiger partial charge is 0.313 e. The molecule has 2 amide bonds. The number of halogens is 1. The van der Waals surface area contributed by atoms with E-state index in [1.807, 2.05) is 0 Å². The summed E-state index contributed by atoms with van der Waals surface area (Å²) < 4.78 is 0. The van der Waals surface area contributed by atoms with Crippen LogP contribution in [0.1, 0.15) is 10.4 Å². The minimum absolute atomic E-state index is 0.250. The van der Waals surface area contributed by atoms with Gasteiger partial charge in [0.25, 0.3) is 0 Å². The Morgan fingerprint density at radius 2 is 1.82 bits per heavy atom. The second-order valence-corrected chi connectivity index (χ2v) is 5.51. The number of allylic oxidation sites excluding steroid dienone is 2. The fraction of sp³-hybridized carbons (Fsp3) is 0.188. The molecule has 0 radical (unpaired) electrons. The number of nitrogens with two attached hydrogens (primary N) is 1. The number of alkyl halides is 1. The van der Waals surface area contributed by atoms with Crippen LogP contribution in [0.3, 0.4) is 0 Å². The van der Waals surface area contributed by atoms with Crippen molar-refractivity contribution in [3.8, 4) is 0 Å². The zero-order valence-corrected chi connectivity index (χ0v) is 12.7. The summed E-state index contributed by atoms with van der Waals surface area (Å²) in [7, 11) is 1.34. The standard InChI is InChI=1S/C16H15ClN2O3/c1-19(15(22)14(18)21)16(17)10-6-5-9-12(16)13(20)11-7-3-2-4-8-11/h2-10,12H,1H3,(H2,18,21). The summed E-state index contributed by atoms with van der Waals surface area (Å²) in [5, 5.41) is 0. The van der Waals surface area contributed by atoms with E-state index in [1.165, 1.54) is 13.1 Å². The van der Waals surface area contributed by atoms with Gasteiger partial charge in [0.15, 0.2) is 5.78 Å². The average Bonchev–Trinajstić information content (AvgIpc) is 2.54. The van der Waals surface area contributed by atoms with Gasteiger partial charge in [-0.25, -0.2) is 0 Å². The molecule has 5 nitrogen and oxygen atoms in total. The Bertz CT molecular complexity index is 669. The van der Waals surface area contributed by atoms with Crippen molar-refractivity contribution in [2.24, 2.45) is 11.7 Å². The van der Waals surface area contributed by atoms with Crippen LogP contribution in [0, 0.1) is 5.92 Å². The number of rotatable bonds is 3. The molecular formula is C16H15ClN2O3. The number of carbonyl (C=O) groups excluding carboxylic acids is 3. The molecule has 2 atom stereocenters. The van der Waals surface area contributed by atoms with Crippen molar-refractivity contribution >= 4 is 29.2 Å². The quantitative estimate of drug-likeness (QED) is 0.397. The molecule has 2 N–H and O–H groups in total. The lowest BCUT2D eigenvalue weighted by Gasteiger charge is -2.39. The number of likely N-dealkylation sites (N-methyl/N-ethyl adjacent to an activating group) is 1. The van der Waals surface area contributed by atoms with Gasteiger partial charge in [0.1, 0.15) is 5.00 Å². The van der Waals surface area contributed by atoms with Crippen LogP contribution in [-0.4, -0.2) is 34.5 Å². The lowest BCUT2D eigenvalue weighted by atomic mass is 9.86. The van der Waals surface area contributed by atoms with E-state index >= 15 is 0 Å². The first-order chi connectivity index (χ1) is 10.4. The molecule has 1 aromatic carbocycles. The zero-order valence-electron chi connectivity index (χ0n) is 11.9. The fourth-order valence-electron chi connectivity index (χ4n) is 2.30. The third-order valence-corrected chi connectivity index (χ3v) is 4.17. The van der Waals surface area contributed by atoms with Gasteiger partial charge < -0.3 is 10.6 Å². The molecule has 0 saturated carbocycles. The summed E-state index contributed by atoms with van der Waals surface area (Å²) in [6, 6.07) is 8.61. The fourth-order valence-corrected chi connectivity index (χ4v) is 2.62. The monoisotopic (exact) mass is 318 g/mol. The van der Waals surface area contributed by atoms with E-state index in [0.717, 1.165) is 4.90 Å². The number of Topliss-reactive ketones (excluding diaryl/α,β-unsaturated/α-hetero) is 1. The molecule has 2 rings (SSSR count). The van der Waals surface area contributed by atoms with Crippen molar-refractivity contribution in [2.75, 3.05) is 7.05 Å². The van der Waals surface area contributed by atoms with Gasteiger partial charge in [0, 0.05) is 12.6 Å². The number of hydrogen-bond acceptors (Lipinski definition) is 3. The predicted octanol–water partition coefficient (Wildman–Crippen LogP) is 1.49. The van der Waals surface area contributed by atoms with E-state index < -0.39 is 22.7 Å². The van der Waals surface area contributed by atoms with Gasteiger partial charge in [-0.3, -0.25) is 14.4 Å². The summed E-state index contributed by atoms with van der Waals surface area (Å²) in [4.78, 5) is 35.2. The summed E-state index contributed by atoms with van der Waals surface area (Å²) in [6.07, 6.45) is 6.40. The Hall–Kier alpha value is -2.40. The van der Waals surface area contributed by atoms with Crippen molar-refractivity contribution in [3.63, 3.8) is 0 Å². The molecule has 22 heavy (non-hydrogen) atoms. The van der Waals surface area contributed by atoms with Gasteiger partial charge in [-0.15, -0.1) is 0 Å². The van der Waals surface area contributed by atoms with E-state index in [9.17, 15) is 14.4 Å². The van der Waals surface area contributed by atoms with Crippen LogP contribution in [0.5, 0.6) is 0 Å². The van der Waals surface area contributed by atoms with Crippen LogP contribution in [-0.2, 0) is 9.59 Å². The summed E-state index contributed by atoms with van der Waals surface area (Å²) in [5.41, 5.74) is 5.49. The molecule has 1 aliphatic rings. The number of hydrogen-bond donors (Lipinski definition) is 1. The van der Waals surface area contributed by atoms with E-state index in [4.69, 9.17) is 17.3 Å². The molecule has 0 spiro atoms. The summed E-state index contributed by atoms with van der Waals surface area (Å²) >= 11 is 6.51. The molecule has 1 aromatic rings. The van der Waals surface area contributed by atoms with Crippen molar-refractivity contribution < 1.29 is 14.4 Å². The highest BCUT2D eigenvalue weighted by molar-refractivity contribution is 6.37. The van der Waals surface area contributed by atoms with E-state index in [1.54, 1.807) is 48.6 Å². The van der Waals surface area contributed by atoms with Gasteiger partial charge in [0.2, 0.25) is 0 Å². The van der Waals surface area contributed by atoms with Crippen LogP contribution in [0.15, 0.2) is 54.6 Å². The lowest BCUT2D eigenvalue weighted by molar-refractivity contribution is -0.145. The first kappa shape index (κ1) is 16.0. The third-order valence-electron chi connectivity index (χ3n) is 3.55. The molecular weight excluding hydrogens is 304 g/mol. The molecule has 2 unspecified atom stereocenters. The largest absolute Gasteiger partial charge is 0.361 e. The highest BCUT2D eigenvalue weighted by atomic mass is 35.5. The second kappa shape index (κ2) is 6.15. The highest BCUT2D eigenvalue weighted by Crippen LogP contribution is 2.36. The van der Waals surface area contributed by atoms with Crippen molar-refractivity contribution in [2.45, 2.75) is 5.00 Å². The number of nitrogens with zero attached hydrogens (tertiary/aromatic N) is 1. The van der Waals surface area contributed by atoms with Gasteiger partial charge in [-0.05, 0) is 6.08 Å². The Morgan fingerprint density at radius 3 is 2.41 bits per heavy atom. The van der Waals surface area contributed by atoms with E-state index in [-0.39, 0.29) is 5.78 Å². The summed E-state index contributed by atoms with van der Waals surface area (Å²) in [5.74, 6) is -3.16. The third kappa shape index (κ3) is 2.80. The molecule has 0 heterocycles. The van der Waals surface area contributed by atoms with Crippen molar-refractivity contribution in [1.82, 2.24) is 4.90 Å². The SMILES string of the molecule is CN(C(=O)C(N)=O)C1(Cl)C=CC=CC1C(=O)c1ccccc1. The number of primary amides is 1. The molecule has 0 fully saturated rings. The molecule has 1 aliphatic carbocycles. The Morgan fingerprint density at radius 1 is 1.18 bits per heavy atom. The first-order valence-corrected chi connectivity index (χ1v) is 6.97. The van der Waals surface area contributed by atoms with Gasteiger partial charge in [-0.2, -0.15) is 0 Å². The summed E-state index contributed by atoms with van der Waals surface area (Å²) in [6.45, 7) is 0. The van der Waals surface area contributed by atoms with Crippen LogP contribution in [0.25, 0.3) is 0 Å². The number of benzene rings is 1. The van der Waals surface area contributed by atoms with Gasteiger partial charge in [-0.1, -0.05) is 60.2 Å². The van der Waals surface area contributed by atoms with E-state index in [2.05, 4.69) is 0 Å². The minimum atomic E-state index is -1.48. The van der Waals surface area contributed by atoms with Crippen LogP contribution in [0.4, 0.5) is 0 Å². The lowest BCUT2D eigenvalue weighted by Crippen LogP contribution is -2.54. The molecule has 0 aliphatic heterocycles. The minimum Gasteiger partial charge on any atom is -0.361 e. The van der Waals surface area contributed by atoms with E-state index in [0.29, 0.717) is 5.56 Å². The zero-order chi connectivity index (χ0) is 16.3. The molecule has 0 aromatic heterocycles. The Labute approximate surface area is 133 Å². The molecule has 0 bridgehead atoms.